The molecule has 2 rings (SSSR count). The third-order valence-corrected chi connectivity index (χ3v) is 2.72. The summed E-state index contributed by atoms with van der Waals surface area (Å²) in [5.41, 5.74) is 0. The summed E-state index contributed by atoms with van der Waals surface area (Å²) in [5.74, 6) is 2.36. The molecule has 2 aromatic rings. The zero-order chi connectivity index (χ0) is 13.3. The SMILES string of the molecule is [CH2]CCCCOc1ccccc1Oc1ccccc1. The van der Waals surface area contributed by atoms with Gasteiger partial charge < -0.3 is 9.47 Å². The van der Waals surface area contributed by atoms with Gasteiger partial charge in [0.05, 0.1) is 6.61 Å². The minimum Gasteiger partial charge on any atom is -0.490 e. The van der Waals surface area contributed by atoms with Crippen LogP contribution in [0.4, 0.5) is 0 Å². The van der Waals surface area contributed by atoms with Crippen LogP contribution < -0.4 is 9.47 Å². The van der Waals surface area contributed by atoms with E-state index in [-0.39, 0.29) is 0 Å². The van der Waals surface area contributed by atoms with Gasteiger partial charge in [0.25, 0.3) is 0 Å². The predicted molar refractivity (Wildman–Crippen MR) is 77.7 cm³/mol. The molecule has 0 aliphatic heterocycles. The molecule has 0 spiro atoms. The molecule has 99 valence electrons. The molecular weight excluding hydrogens is 236 g/mol. The van der Waals surface area contributed by atoms with Crippen LogP contribution in [0.2, 0.25) is 0 Å². The molecule has 2 nitrogen and oxygen atoms in total. The third-order valence-electron chi connectivity index (χ3n) is 2.72. The molecule has 0 atom stereocenters. The molecule has 0 heterocycles. The first-order valence-corrected chi connectivity index (χ1v) is 6.64. The highest BCUT2D eigenvalue weighted by Crippen LogP contribution is 2.31. The van der Waals surface area contributed by atoms with Crippen molar-refractivity contribution in [3.05, 3.63) is 61.5 Å². The van der Waals surface area contributed by atoms with Crippen molar-refractivity contribution in [2.24, 2.45) is 0 Å². The van der Waals surface area contributed by atoms with Gasteiger partial charge in [0.2, 0.25) is 0 Å². The van der Waals surface area contributed by atoms with Crippen LogP contribution in [0.3, 0.4) is 0 Å². The molecule has 0 N–H and O–H groups in total. The molecule has 2 aromatic carbocycles. The molecule has 2 heteroatoms. The van der Waals surface area contributed by atoms with Crippen molar-refractivity contribution in [1.82, 2.24) is 0 Å². The molecule has 0 fully saturated rings. The smallest absolute Gasteiger partial charge is 0.169 e. The zero-order valence-electron chi connectivity index (χ0n) is 11.0. The fraction of sp³-hybridized carbons (Fsp3) is 0.235. The second kappa shape index (κ2) is 7.47. The van der Waals surface area contributed by atoms with Crippen LogP contribution in [0.25, 0.3) is 0 Å². The van der Waals surface area contributed by atoms with Gasteiger partial charge in [0.1, 0.15) is 5.75 Å². The maximum atomic E-state index is 5.83. The van der Waals surface area contributed by atoms with Gasteiger partial charge in [-0.1, -0.05) is 50.1 Å². The lowest BCUT2D eigenvalue weighted by Gasteiger charge is -2.12. The number of benzene rings is 2. The van der Waals surface area contributed by atoms with E-state index in [4.69, 9.17) is 9.47 Å². The number of hydrogen-bond donors (Lipinski definition) is 0. The number of hydrogen-bond acceptors (Lipinski definition) is 2. The summed E-state index contributed by atoms with van der Waals surface area (Å²) in [4.78, 5) is 0. The van der Waals surface area contributed by atoms with Gasteiger partial charge in [0.15, 0.2) is 11.5 Å². The van der Waals surface area contributed by atoms with E-state index in [0.717, 1.165) is 36.5 Å². The highest BCUT2D eigenvalue weighted by atomic mass is 16.5. The Labute approximate surface area is 115 Å². The van der Waals surface area contributed by atoms with Crippen LogP contribution >= 0.6 is 0 Å². The fourth-order valence-corrected chi connectivity index (χ4v) is 1.73. The Hall–Kier alpha value is -1.96. The largest absolute Gasteiger partial charge is 0.490 e. The predicted octanol–water partition coefficient (Wildman–Crippen LogP) is 4.86. The van der Waals surface area contributed by atoms with Crippen LogP contribution in [0.5, 0.6) is 17.2 Å². The molecular formula is C17H19O2. The summed E-state index contributed by atoms with van der Waals surface area (Å²) in [6, 6.07) is 17.5. The maximum absolute atomic E-state index is 5.83. The van der Waals surface area contributed by atoms with Gasteiger partial charge in [-0.05, 0) is 30.7 Å². The van der Waals surface area contributed by atoms with E-state index < -0.39 is 0 Å². The summed E-state index contributed by atoms with van der Waals surface area (Å²) in [7, 11) is 0. The van der Waals surface area contributed by atoms with Crippen LogP contribution in [-0.4, -0.2) is 6.61 Å². The fourth-order valence-electron chi connectivity index (χ4n) is 1.73. The summed E-state index contributed by atoms with van der Waals surface area (Å²) >= 11 is 0. The van der Waals surface area contributed by atoms with Crippen LogP contribution in [-0.2, 0) is 0 Å². The summed E-state index contributed by atoms with van der Waals surface area (Å²) in [6.45, 7) is 4.52. The number of rotatable bonds is 7. The standard InChI is InChI=1S/C17H19O2/c1-2-3-9-14-18-16-12-7-8-13-17(16)19-15-10-5-4-6-11-15/h4-8,10-13H,1-3,9,14H2. The van der Waals surface area contributed by atoms with Crippen molar-refractivity contribution in [2.45, 2.75) is 19.3 Å². The van der Waals surface area contributed by atoms with E-state index in [0.29, 0.717) is 6.61 Å². The number of ether oxygens (including phenoxy) is 2. The molecule has 0 saturated heterocycles. The molecule has 0 aromatic heterocycles. The lowest BCUT2D eigenvalue weighted by molar-refractivity contribution is 0.293. The molecule has 0 amide bonds. The Balaban J connectivity index is 2.00. The minimum absolute atomic E-state index is 0.699. The number of para-hydroxylation sites is 3. The van der Waals surface area contributed by atoms with Gasteiger partial charge in [-0.25, -0.2) is 0 Å². The quantitative estimate of drug-likeness (QED) is 0.658. The highest BCUT2D eigenvalue weighted by molar-refractivity contribution is 5.42. The van der Waals surface area contributed by atoms with Crippen molar-refractivity contribution in [2.75, 3.05) is 6.61 Å². The number of unbranched alkanes of at least 4 members (excludes halogenated alkanes) is 2. The second-order valence-corrected chi connectivity index (χ2v) is 4.27. The molecule has 0 aliphatic carbocycles. The molecule has 1 radical (unpaired) electrons. The van der Waals surface area contributed by atoms with E-state index >= 15 is 0 Å². The Morgan fingerprint density at radius 2 is 1.47 bits per heavy atom. The van der Waals surface area contributed by atoms with Gasteiger partial charge >= 0.3 is 0 Å². The summed E-state index contributed by atoms with van der Waals surface area (Å²) in [6.07, 6.45) is 3.05. The average molecular weight is 255 g/mol. The van der Waals surface area contributed by atoms with Gasteiger partial charge in [-0.15, -0.1) is 0 Å². The van der Waals surface area contributed by atoms with Crippen LogP contribution in [0, 0.1) is 6.92 Å². The monoisotopic (exact) mass is 255 g/mol. The van der Waals surface area contributed by atoms with E-state index in [1.807, 2.05) is 54.6 Å². The average Bonchev–Trinajstić information content (AvgIpc) is 2.46. The van der Waals surface area contributed by atoms with Crippen LogP contribution in [0.15, 0.2) is 54.6 Å². The topological polar surface area (TPSA) is 18.5 Å². The van der Waals surface area contributed by atoms with Crippen molar-refractivity contribution in [3.63, 3.8) is 0 Å². The third kappa shape index (κ3) is 4.32. The normalized spacial score (nSPS) is 10.2. The van der Waals surface area contributed by atoms with Crippen molar-refractivity contribution < 1.29 is 9.47 Å². The van der Waals surface area contributed by atoms with Gasteiger partial charge in [0, 0.05) is 0 Å². The van der Waals surface area contributed by atoms with Crippen molar-refractivity contribution in [1.29, 1.82) is 0 Å². The first-order chi connectivity index (χ1) is 9.40. The van der Waals surface area contributed by atoms with Crippen molar-refractivity contribution in [3.8, 4) is 17.2 Å². The molecule has 0 saturated carbocycles. The van der Waals surface area contributed by atoms with Gasteiger partial charge in [-0.2, -0.15) is 0 Å². The minimum atomic E-state index is 0.699. The first-order valence-electron chi connectivity index (χ1n) is 6.64. The summed E-state index contributed by atoms with van der Waals surface area (Å²) in [5, 5.41) is 0. The summed E-state index contributed by atoms with van der Waals surface area (Å²) < 4.78 is 11.6. The molecule has 0 aliphatic rings. The van der Waals surface area contributed by atoms with E-state index in [1.165, 1.54) is 0 Å². The lowest BCUT2D eigenvalue weighted by Crippen LogP contribution is -1.98. The van der Waals surface area contributed by atoms with Gasteiger partial charge in [-0.3, -0.25) is 0 Å². The molecule has 0 unspecified atom stereocenters. The van der Waals surface area contributed by atoms with E-state index in [2.05, 4.69) is 6.92 Å². The Bertz CT molecular complexity index is 480. The molecule has 0 bridgehead atoms. The Morgan fingerprint density at radius 1 is 0.789 bits per heavy atom. The Morgan fingerprint density at radius 3 is 2.21 bits per heavy atom. The lowest BCUT2D eigenvalue weighted by atomic mass is 10.2. The maximum Gasteiger partial charge on any atom is 0.169 e. The zero-order valence-corrected chi connectivity index (χ0v) is 11.0. The van der Waals surface area contributed by atoms with Crippen LogP contribution in [0.1, 0.15) is 19.3 Å². The van der Waals surface area contributed by atoms with Crippen molar-refractivity contribution >= 4 is 0 Å². The Kier molecular flexibility index (Phi) is 5.30. The molecule has 19 heavy (non-hydrogen) atoms. The highest BCUT2D eigenvalue weighted by Gasteiger charge is 2.04. The van der Waals surface area contributed by atoms with E-state index in [1.54, 1.807) is 0 Å². The first kappa shape index (κ1) is 13.5. The van der Waals surface area contributed by atoms with E-state index in [9.17, 15) is 0 Å². The second-order valence-electron chi connectivity index (χ2n) is 4.27.